The molecule has 0 unspecified atom stereocenters. The summed E-state index contributed by atoms with van der Waals surface area (Å²) >= 11 is -2.23. The molecule has 0 heterocycles. The summed E-state index contributed by atoms with van der Waals surface area (Å²) in [7, 11) is -1.59. The Hall–Kier alpha value is 0.536. The molecule has 0 aromatic carbocycles. The molecule has 0 fully saturated rings. The van der Waals surface area contributed by atoms with Gasteiger partial charge in [0.1, 0.15) is 0 Å². The van der Waals surface area contributed by atoms with Crippen LogP contribution in [0, 0.1) is 9.86 Å². The van der Waals surface area contributed by atoms with Crippen LogP contribution in [0.1, 0.15) is 92.9 Å². The molecular formula is C23H48OSiSn. The van der Waals surface area contributed by atoms with Gasteiger partial charge in [0.05, 0.1) is 0 Å². The van der Waals surface area contributed by atoms with Crippen LogP contribution in [0.25, 0.3) is 0 Å². The molecule has 0 atom stereocenters. The van der Waals surface area contributed by atoms with Crippen LogP contribution in [-0.2, 0) is 4.43 Å². The summed E-state index contributed by atoms with van der Waals surface area (Å²) in [5, 5.41) is 0.310. The van der Waals surface area contributed by atoms with Gasteiger partial charge in [-0.2, -0.15) is 0 Å². The van der Waals surface area contributed by atoms with Crippen molar-refractivity contribution in [1.29, 1.82) is 0 Å². The predicted molar refractivity (Wildman–Crippen MR) is 125 cm³/mol. The summed E-state index contributed by atoms with van der Waals surface area (Å²) in [6.07, 6.45) is 10.4. The first-order chi connectivity index (χ1) is 12.1. The van der Waals surface area contributed by atoms with E-state index in [1.54, 1.807) is 0 Å². The number of hydrogen-bond acceptors (Lipinski definition) is 1. The van der Waals surface area contributed by atoms with E-state index in [-0.39, 0.29) is 0 Å². The topological polar surface area (TPSA) is 9.23 Å². The molecule has 0 aliphatic heterocycles. The van der Waals surface area contributed by atoms with Crippen molar-refractivity contribution in [3.63, 3.8) is 0 Å². The molecule has 0 amide bonds. The predicted octanol–water partition coefficient (Wildman–Crippen LogP) is 8.18. The van der Waals surface area contributed by atoms with Gasteiger partial charge in [0.15, 0.2) is 0 Å². The van der Waals surface area contributed by atoms with Crippen molar-refractivity contribution in [3.8, 4) is 9.86 Å². The molecule has 26 heavy (non-hydrogen) atoms. The fourth-order valence-corrected chi connectivity index (χ4v) is 17.6. The van der Waals surface area contributed by atoms with Crippen LogP contribution < -0.4 is 0 Å². The van der Waals surface area contributed by atoms with Crippen LogP contribution in [0.5, 0.6) is 0 Å². The normalized spacial score (nSPS) is 12.8. The summed E-state index contributed by atoms with van der Waals surface area (Å²) in [5.41, 5.74) is 0. The molecule has 0 N–H and O–H groups in total. The van der Waals surface area contributed by atoms with Gasteiger partial charge in [-0.1, -0.05) is 0 Å². The fourth-order valence-electron chi connectivity index (χ4n) is 3.06. The van der Waals surface area contributed by atoms with Crippen LogP contribution in [0.2, 0.25) is 31.4 Å². The second-order valence-corrected chi connectivity index (χ2v) is 26.7. The third-order valence-electron chi connectivity index (χ3n) is 6.10. The SMILES string of the molecule is CCC[CH2][Sn]([C]#CCCCO[Si](C)(C)C(C)(C)C)([CH2]CCC)[CH2]CCC. The van der Waals surface area contributed by atoms with Crippen LogP contribution in [0.15, 0.2) is 0 Å². The number of hydrogen-bond donors (Lipinski definition) is 0. The van der Waals surface area contributed by atoms with Crippen LogP contribution in [0.4, 0.5) is 0 Å². The molecule has 0 radical (unpaired) electrons. The van der Waals surface area contributed by atoms with E-state index in [1.165, 1.54) is 51.8 Å². The van der Waals surface area contributed by atoms with Crippen molar-refractivity contribution in [3.05, 3.63) is 0 Å². The zero-order chi connectivity index (χ0) is 20.1. The van der Waals surface area contributed by atoms with E-state index in [9.17, 15) is 0 Å². The van der Waals surface area contributed by atoms with E-state index >= 15 is 0 Å². The fraction of sp³-hybridized carbons (Fsp3) is 0.913. The van der Waals surface area contributed by atoms with Gasteiger partial charge >= 0.3 is 172 Å². The van der Waals surface area contributed by atoms with Gasteiger partial charge in [0.2, 0.25) is 0 Å². The van der Waals surface area contributed by atoms with Gasteiger partial charge in [-0.05, 0) is 0 Å². The molecular weight excluding hydrogens is 439 g/mol. The van der Waals surface area contributed by atoms with E-state index in [2.05, 4.69) is 64.5 Å². The molecule has 1 nitrogen and oxygen atoms in total. The maximum absolute atomic E-state index is 6.31. The Morgan fingerprint density at radius 1 is 0.808 bits per heavy atom. The van der Waals surface area contributed by atoms with Crippen molar-refractivity contribution in [2.75, 3.05) is 6.61 Å². The average Bonchev–Trinajstić information content (AvgIpc) is 2.57. The standard InChI is InChI=1S/C11H21OSi.3C4H9.Sn/c1-7-8-9-10-12-13(5,6)11(2,3)4;3*1-3-4-2;/h8-10H2,2-6H3;3*1,3-4H2,2H3;. The minimum atomic E-state index is -2.23. The van der Waals surface area contributed by atoms with Gasteiger partial charge in [0, 0.05) is 0 Å². The van der Waals surface area contributed by atoms with Crippen molar-refractivity contribution in [2.24, 2.45) is 0 Å². The molecule has 0 saturated heterocycles. The van der Waals surface area contributed by atoms with Crippen LogP contribution >= 0.6 is 0 Å². The number of rotatable bonds is 13. The number of unbranched alkanes of at least 4 members (excludes halogenated alkanes) is 4. The third kappa shape index (κ3) is 10.8. The third-order valence-corrected chi connectivity index (χ3v) is 23.9. The Bertz CT molecular complexity index is 392. The Morgan fingerprint density at radius 3 is 1.65 bits per heavy atom. The van der Waals surface area contributed by atoms with Crippen molar-refractivity contribution in [1.82, 2.24) is 0 Å². The van der Waals surface area contributed by atoms with Crippen molar-refractivity contribution in [2.45, 2.75) is 124 Å². The summed E-state index contributed by atoms with van der Waals surface area (Å²) in [6, 6.07) is 0. The quantitative estimate of drug-likeness (QED) is 0.145. The minimum absolute atomic E-state index is 0.310. The summed E-state index contributed by atoms with van der Waals surface area (Å²) in [4.78, 5) is 0. The van der Waals surface area contributed by atoms with Gasteiger partial charge in [-0.3, -0.25) is 0 Å². The second-order valence-electron chi connectivity index (χ2n) is 9.61. The zero-order valence-electron chi connectivity index (χ0n) is 19.4. The van der Waals surface area contributed by atoms with E-state index in [4.69, 9.17) is 4.43 Å². The summed E-state index contributed by atoms with van der Waals surface area (Å²) in [6.45, 7) is 19.5. The molecule has 0 spiro atoms. The van der Waals surface area contributed by atoms with Gasteiger partial charge in [-0.25, -0.2) is 0 Å². The summed E-state index contributed by atoms with van der Waals surface area (Å²) < 4.78 is 14.8. The van der Waals surface area contributed by atoms with Gasteiger partial charge in [0.25, 0.3) is 0 Å². The molecule has 0 aliphatic rings. The first-order valence-corrected chi connectivity index (χ1v) is 21.7. The molecule has 0 saturated carbocycles. The Morgan fingerprint density at radius 2 is 1.27 bits per heavy atom. The van der Waals surface area contributed by atoms with Gasteiger partial charge < -0.3 is 0 Å². The first kappa shape index (κ1) is 26.5. The Balaban J connectivity index is 4.70. The molecule has 3 heteroatoms. The Kier molecular flexibility index (Phi) is 14.0. The van der Waals surface area contributed by atoms with E-state index in [0.29, 0.717) is 5.04 Å². The zero-order valence-corrected chi connectivity index (χ0v) is 23.2. The first-order valence-electron chi connectivity index (χ1n) is 11.3. The molecule has 154 valence electrons. The molecule has 0 aromatic rings. The maximum atomic E-state index is 6.31. The molecule has 0 rings (SSSR count). The molecule has 0 aliphatic carbocycles. The Labute approximate surface area is 171 Å². The molecule has 0 bridgehead atoms. The van der Waals surface area contributed by atoms with Crippen molar-refractivity contribution >= 4 is 26.7 Å². The molecule has 0 aromatic heterocycles. The second kappa shape index (κ2) is 13.7. The van der Waals surface area contributed by atoms with E-state index < -0.39 is 26.7 Å². The van der Waals surface area contributed by atoms with Crippen LogP contribution in [0.3, 0.4) is 0 Å². The van der Waals surface area contributed by atoms with Crippen LogP contribution in [-0.4, -0.2) is 33.3 Å². The summed E-state index contributed by atoms with van der Waals surface area (Å²) in [5.74, 6) is 3.66. The van der Waals surface area contributed by atoms with Crippen molar-refractivity contribution < 1.29 is 4.43 Å². The van der Waals surface area contributed by atoms with E-state index in [1.807, 2.05) is 0 Å². The van der Waals surface area contributed by atoms with E-state index in [0.717, 1.165) is 19.4 Å². The van der Waals surface area contributed by atoms with Gasteiger partial charge in [-0.15, -0.1) is 0 Å². The monoisotopic (exact) mass is 488 g/mol. The average molecular weight is 487 g/mol.